The van der Waals surface area contributed by atoms with Gasteiger partial charge in [-0.2, -0.15) is 0 Å². The summed E-state index contributed by atoms with van der Waals surface area (Å²) in [6.07, 6.45) is 13.1. The Labute approximate surface area is 265 Å². The fraction of sp³-hybridized carbons (Fsp3) is 0.333. The molecule has 216 valence electrons. The predicted molar refractivity (Wildman–Crippen MR) is 170 cm³/mol. The number of allylic oxidation sites excluding steroid dienone is 3. The number of carboxylic acid groups (broad SMARTS) is 1. The van der Waals surface area contributed by atoms with Crippen LogP contribution in [0.15, 0.2) is 71.9 Å². The molecule has 41 heavy (non-hydrogen) atoms. The molecule has 8 nitrogen and oxygen atoms in total. The summed E-state index contributed by atoms with van der Waals surface area (Å²) in [5, 5.41) is 16.5. The number of anilines is 1. The molecule has 0 bridgehead atoms. The van der Waals surface area contributed by atoms with Gasteiger partial charge >= 0.3 is 5.97 Å². The van der Waals surface area contributed by atoms with Crippen LogP contribution in [-0.4, -0.2) is 52.3 Å². The van der Waals surface area contributed by atoms with Gasteiger partial charge in [0.2, 0.25) is 0 Å². The van der Waals surface area contributed by atoms with Crippen molar-refractivity contribution in [3.63, 3.8) is 0 Å². The lowest BCUT2D eigenvalue weighted by Crippen LogP contribution is -2.55. The lowest BCUT2D eigenvalue weighted by Gasteiger charge is -2.48. The van der Waals surface area contributed by atoms with Crippen LogP contribution in [0, 0.1) is 5.41 Å². The number of halogens is 3. The number of benzene rings is 1. The third kappa shape index (κ3) is 6.32. The van der Waals surface area contributed by atoms with E-state index >= 15 is 0 Å². The van der Waals surface area contributed by atoms with Crippen molar-refractivity contribution >= 4 is 70.5 Å². The Morgan fingerprint density at radius 2 is 1.76 bits per heavy atom. The first-order chi connectivity index (χ1) is 19.2. The molecule has 2 heterocycles. The number of aliphatic carboxylic acids is 1. The molecule has 1 aromatic heterocycles. The number of rotatable bonds is 8. The van der Waals surface area contributed by atoms with Crippen molar-refractivity contribution in [3.05, 3.63) is 93.0 Å². The third-order valence-electron chi connectivity index (χ3n) is 7.82. The molecule has 0 saturated heterocycles. The second-order valence-electron chi connectivity index (χ2n) is 10.5. The summed E-state index contributed by atoms with van der Waals surface area (Å²) in [5.41, 5.74) is 3.10. The van der Waals surface area contributed by atoms with E-state index in [2.05, 4.69) is 15.6 Å². The van der Waals surface area contributed by atoms with Gasteiger partial charge in [-0.05, 0) is 48.4 Å². The maximum atomic E-state index is 13.6. The molecule has 3 N–H and O–H groups in total. The number of likely N-dealkylation sites (N-methyl/N-ethyl adjacent to an activating group) is 1. The first kappa shape index (κ1) is 31.1. The van der Waals surface area contributed by atoms with Gasteiger partial charge in [0.05, 0.1) is 21.0 Å². The molecule has 2 aliphatic carbocycles. The van der Waals surface area contributed by atoms with Gasteiger partial charge in [0.15, 0.2) is 5.78 Å². The van der Waals surface area contributed by atoms with Crippen LogP contribution in [0.1, 0.15) is 48.0 Å². The fourth-order valence-electron chi connectivity index (χ4n) is 5.79. The van der Waals surface area contributed by atoms with Crippen LogP contribution in [0.2, 0.25) is 10.0 Å². The van der Waals surface area contributed by atoms with Crippen molar-refractivity contribution < 1.29 is 19.5 Å². The zero-order valence-electron chi connectivity index (χ0n) is 22.5. The van der Waals surface area contributed by atoms with Crippen LogP contribution in [-0.2, 0) is 16.0 Å². The molecule has 0 unspecified atom stereocenters. The second-order valence-corrected chi connectivity index (χ2v) is 11.4. The van der Waals surface area contributed by atoms with Crippen LogP contribution in [0.5, 0.6) is 0 Å². The SMILES string of the molecule is CN1C=CC=C(C2=C(N[C@@H](Cc3ccc(NC(=O)c4c(Cl)cncc4Cl)cc3)C(=O)O)C3(CCCCC3)C2=O)C1.I. The number of amides is 1. The van der Waals surface area contributed by atoms with E-state index in [0.29, 0.717) is 17.8 Å². The Hall–Kier alpha value is -2.89. The second kappa shape index (κ2) is 13.0. The maximum Gasteiger partial charge on any atom is 0.326 e. The Morgan fingerprint density at radius 1 is 1.10 bits per heavy atom. The van der Waals surface area contributed by atoms with Gasteiger partial charge in [0, 0.05) is 49.4 Å². The summed E-state index contributed by atoms with van der Waals surface area (Å²) in [6, 6.07) is 6.01. The number of Topliss-reactive ketones (excluding diaryl/α,β-unsaturated/α-hetero) is 1. The zero-order chi connectivity index (χ0) is 28.4. The minimum Gasteiger partial charge on any atom is -0.480 e. The van der Waals surface area contributed by atoms with E-state index in [1.165, 1.54) is 12.4 Å². The molecular weight excluding hydrogens is 678 g/mol. The molecule has 0 radical (unpaired) electrons. The first-order valence-electron chi connectivity index (χ1n) is 13.3. The van der Waals surface area contributed by atoms with E-state index in [0.717, 1.165) is 48.9 Å². The molecule has 1 aromatic carbocycles. The number of nitrogens with one attached hydrogen (secondary N) is 2. The van der Waals surface area contributed by atoms with Gasteiger partial charge in [0.1, 0.15) is 6.04 Å². The molecule has 3 aliphatic rings. The number of pyridine rings is 1. The minimum atomic E-state index is -0.994. The van der Waals surface area contributed by atoms with Gasteiger partial charge in [0.25, 0.3) is 5.91 Å². The number of hydrogen-bond donors (Lipinski definition) is 3. The third-order valence-corrected chi connectivity index (χ3v) is 8.40. The Bertz CT molecular complexity index is 1430. The number of ketones is 1. The smallest absolute Gasteiger partial charge is 0.326 e. The minimum absolute atomic E-state index is 0. The van der Waals surface area contributed by atoms with E-state index < -0.39 is 23.3 Å². The number of carbonyl (C=O) groups is 3. The van der Waals surface area contributed by atoms with Crippen molar-refractivity contribution in [2.24, 2.45) is 5.41 Å². The maximum absolute atomic E-state index is 13.6. The average molecular weight is 709 g/mol. The van der Waals surface area contributed by atoms with Crippen molar-refractivity contribution in [2.45, 2.75) is 44.6 Å². The zero-order valence-corrected chi connectivity index (χ0v) is 26.3. The van der Waals surface area contributed by atoms with Crippen molar-refractivity contribution in [1.82, 2.24) is 15.2 Å². The molecule has 1 amide bonds. The Morgan fingerprint density at radius 3 is 2.37 bits per heavy atom. The first-order valence-corrected chi connectivity index (χ1v) is 14.0. The highest BCUT2D eigenvalue weighted by molar-refractivity contribution is 14.0. The molecule has 2 aromatic rings. The Balaban J connectivity index is 0.00000387. The quantitative estimate of drug-likeness (QED) is 0.288. The highest BCUT2D eigenvalue weighted by Gasteiger charge is 2.55. The normalized spacial score (nSPS) is 18.3. The van der Waals surface area contributed by atoms with E-state index in [1.807, 2.05) is 30.3 Å². The molecular formula is C30H31Cl2IN4O4. The monoisotopic (exact) mass is 708 g/mol. The highest BCUT2D eigenvalue weighted by Crippen LogP contribution is 2.53. The number of hydrogen-bond acceptors (Lipinski definition) is 6. The summed E-state index contributed by atoms with van der Waals surface area (Å²) in [6.45, 7) is 0.597. The molecule has 1 aliphatic heterocycles. The number of nitrogens with zero attached hydrogens (tertiary/aromatic N) is 2. The molecule has 1 fully saturated rings. The van der Waals surface area contributed by atoms with Crippen molar-refractivity contribution in [3.8, 4) is 0 Å². The highest BCUT2D eigenvalue weighted by atomic mass is 127. The van der Waals surface area contributed by atoms with E-state index in [4.69, 9.17) is 23.2 Å². The van der Waals surface area contributed by atoms with Gasteiger partial charge in [-0.1, -0.05) is 60.7 Å². The predicted octanol–water partition coefficient (Wildman–Crippen LogP) is 6.02. The largest absolute Gasteiger partial charge is 0.480 e. The fourth-order valence-corrected chi connectivity index (χ4v) is 6.33. The van der Waals surface area contributed by atoms with Crippen molar-refractivity contribution in [2.75, 3.05) is 18.9 Å². The molecule has 5 rings (SSSR count). The molecule has 1 spiro atoms. The van der Waals surface area contributed by atoms with Crippen LogP contribution in [0.3, 0.4) is 0 Å². The van der Waals surface area contributed by atoms with E-state index in [-0.39, 0.29) is 51.8 Å². The van der Waals surface area contributed by atoms with E-state index in [9.17, 15) is 19.5 Å². The van der Waals surface area contributed by atoms with Gasteiger partial charge in [-0.15, -0.1) is 24.0 Å². The lowest BCUT2D eigenvalue weighted by atomic mass is 9.57. The molecule has 11 heteroatoms. The van der Waals surface area contributed by atoms with E-state index in [1.54, 1.807) is 24.3 Å². The summed E-state index contributed by atoms with van der Waals surface area (Å²) in [5.74, 6) is -1.34. The Kier molecular flexibility index (Phi) is 9.81. The molecule has 1 atom stereocenters. The number of carbonyl (C=O) groups excluding carboxylic acids is 2. The molecule has 1 saturated carbocycles. The average Bonchev–Trinajstić information content (AvgIpc) is 2.93. The summed E-state index contributed by atoms with van der Waals surface area (Å²) in [7, 11) is 1.95. The number of aromatic nitrogens is 1. The van der Waals surface area contributed by atoms with Gasteiger partial charge in [-0.3, -0.25) is 14.6 Å². The standard InChI is InChI=1S/C30H30Cl2N4O4.HI/c1-36-13-5-6-19(17-36)24-26(30(27(24)37)11-3-2-4-12-30)35-23(29(39)40)14-18-7-9-20(10-8-18)34-28(38)25-21(31)15-33-16-22(25)32;/h5-10,13,15-16,23,35H,2-4,11-12,14,17H2,1H3,(H,34,38)(H,39,40);1H/t23-;/m0./s1. The van der Waals surface area contributed by atoms with Gasteiger partial charge in [-0.25, -0.2) is 4.79 Å². The van der Waals surface area contributed by atoms with Crippen molar-refractivity contribution in [1.29, 1.82) is 0 Å². The van der Waals surface area contributed by atoms with Crippen LogP contribution in [0.25, 0.3) is 0 Å². The summed E-state index contributed by atoms with van der Waals surface area (Å²) in [4.78, 5) is 44.5. The van der Waals surface area contributed by atoms with Gasteiger partial charge < -0.3 is 20.6 Å². The van der Waals surface area contributed by atoms with Crippen LogP contribution in [0.4, 0.5) is 5.69 Å². The topological polar surface area (TPSA) is 112 Å². The lowest BCUT2D eigenvalue weighted by molar-refractivity contribution is -0.140. The van der Waals surface area contributed by atoms with Crippen LogP contribution < -0.4 is 10.6 Å². The summed E-state index contributed by atoms with van der Waals surface area (Å²) >= 11 is 12.2. The number of carboxylic acids is 1. The van der Waals surface area contributed by atoms with Crippen LogP contribution >= 0.6 is 47.2 Å². The summed E-state index contributed by atoms with van der Waals surface area (Å²) < 4.78 is 0.